The van der Waals surface area contributed by atoms with Crippen LogP contribution in [0.2, 0.25) is 0 Å². The molecule has 23 heavy (non-hydrogen) atoms. The van der Waals surface area contributed by atoms with Crippen molar-refractivity contribution in [3.05, 3.63) is 35.6 Å². The standard InChI is InChI=1S/C20H25NO2/c1-3-15-9-14-5-7-18(15)21(11-14)20(22)10-16-12-23-19-8-13(2)4-6-17(16)19/h4,6,8,12,14-15,18H,3,5,7,9-11H2,1-2H3. The number of fused-ring (bicyclic) bond motifs is 4. The van der Waals surface area contributed by atoms with Crippen LogP contribution in [0.1, 0.15) is 43.7 Å². The molecule has 122 valence electrons. The Morgan fingerprint density at radius 2 is 2.22 bits per heavy atom. The monoisotopic (exact) mass is 311 g/mol. The molecule has 2 saturated heterocycles. The van der Waals surface area contributed by atoms with Crippen molar-refractivity contribution >= 4 is 16.9 Å². The summed E-state index contributed by atoms with van der Waals surface area (Å²) in [5, 5.41) is 1.08. The third-order valence-electron chi connectivity index (χ3n) is 5.90. The highest BCUT2D eigenvalue weighted by Crippen LogP contribution is 2.40. The molecule has 3 unspecified atom stereocenters. The van der Waals surface area contributed by atoms with Gasteiger partial charge in [0.2, 0.25) is 5.91 Å². The number of benzene rings is 1. The van der Waals surface area contributed by atoms with Gasteiger partial charge in [-0.1, -0.05) is 25.5 Å². The van der Waals surface area contributed by atoms with E-state index in [9.17, 15) is 4.79 Å². The van der Waals surface area contributed by atoms with Crippen LogP contribution in [0.3, 0.4) is 0 Å². The van der Waals surface area contributed by atoms with Crippen molar-refractivity contribution in [3.8, 4) is 0 Å². The number of nitrogens with zero attached hydrogens (tertiary/aromatic N) is 1. The van der Waals surface area contributed by atoms with E-state index >= 15 is 0 Å². The first-order valence-corrected chi connectivity index (χ1v) is 8.92. The van der Waals surface area contributed by atoms with Crippen molar-refractivity contribution in [3.63, 3.8) is 0 Å². The zero-order valence-electron chi connectivity index (χ0n) is 14.0. The number of piperidine rings is 2. The fourth-order valence-corrected chi connectivity index (χ4v) is 4.65. The number of aryl methyl sites for hydroxylation is 1. The first kappa shape index (κ1) is 14.8. The minimum Gasteiger partial charge on any atom is -0.464 e. The SMILES string of the molecule is CCC1CC2CCC1N(C(=O)Cc1coc3cc(C)ccc13)C2. The summed E-state index contributed by atoms with van der Waals surface area (Å²) in [6, 6.07) is 6.67. The van der Waals surface area contributed by atoms with Crippen LogP contribution in [-0.4, -0.2) is 23.4 Å². The molecule has 2 aromatic rings. The molecule has 3 aliphatic rings. The van der Waals surface area contributed by atoms with Gasteiger partial charge in [0.25, 0.3) is 0 Å². The van der Waals surface area contributed by atoms with E-state index in [1.54, 1.807) is 6.26 Å². The molecular weight excluding hydrogens is 286 g/mol. The molecule has 3 heteroatoms. The van der Waals surface area contributed by atoms with Gasteiger partial charge in [-0.05, 0) is 49.7 Å². The van der Waals surface area contributed by atoms with E-state index in [0.29, 0.717) is 18.4 Å². The Hall–Kier alpha value is -1.77. The van der Waals surface area contributed by atoms with Gasteiger partial charge in [0.1, 0.15) is 5.58 Å². The first-order valence-electron chi connectivity index (χ1n) is 8.92. The lowest BCUT2D eigenvalue weighted by Gasteiger charge is -2.50. The molecule has 1 aliphatic carbocycles. The van der Waals surface area contributed by atoms with Gasteiger partial charge in [-0.3, -0.25) is 4.79 Å². The minimum atomic E-state index is 0.279. The fourth-order valence-electron chi connectivity index (χ4n) is 4.65. The van der Waals surface area contributed by atoms with E-state index in [4.69, 9.17) is 4.42 Å². The third kappa shape index (κ3) is 2.56. The van der Waals surface area contributed by atoms with E-state index in [0.717, 1.165) is 29.0 Å². The lowest BCUT2D eigenvalue weighted by atomic mass is 9.71. The Morgan fingerprint density at radius 3 is 3.00 bits per heavy atom. The highest BCUT2D eigenvalue weighted by molar-refractivity contribution is 5.88. The molecule has 3 nitrogen and oxygen atoms in total. The van der Waals surface area contributed by atoms with Crippen molar-refractivity contribution in [1.82, 2.24) is 4.90 Å². The van der Waals surface area contributed by atoms with Gasteiger partial charge in [-0.25, -0.2) is 0 Å². The predicted octanol–water partition coefficient (Wildman–Crippen LogP) is 4.32. The second-order valence-corrected chi connectivity index (χ2v) is 7.40. The smallest absolute Gasteiger partial charge is 0.227 e. The molecule has 3 fully saturated rings. The molecule has 1 saturated carbocycles. The Kier molecular flexibility index (Phi) is 3.67. The molecule has 1 amide bonds. The number of rotatable bonds is 3. The molecule has 2 aliphatic heterocycles. The summed E-state index contributed by atoms with van der Waals surface area (Å²) >= 11 is 0. The number of carbonyl (C=O) groups is 1. The quantitative estimate of drug-likeness (QED) is 0.846. The van der Waals surface area contributed by atoms with Crippen LogP contribution in [0.4, 0.5) is 0 Å². The second kappa shape index (κ2) is 5.70. The number of carbonyl (C=O) groups excluding carboxylic acids is 1. The van der Waals surface area contributed by atoms with E-state index < -0.39 is 0 Å². The van der Waals surface area contributed by atoms with Gasteiger partial charge >= 0.3 is 0 Å². The van der Waals surface area contributed by atoms with Gasteiger partial charge in [0.05, 0.1) is 12.7 Å². The molecule has 3 atom stereocenters. The molecule has 1 aromatic carbocycles. The topological polar surface area (TPSA) is 33.5 Å². The molecule has 5 rings (SSSR count). The van der Waals surface area contributed by atoms with E-state index in [2.05, 4.69) is 30.9 Å². The largest absolute Gasteiger partial charge is 0.464 e. The molecule has 1 aromatic heterocycles. The van der Waals surface area contributed by atoms with Gasteiger partial charge in [0.15, 0.2) is 0 Å². The van der Waals surface area contributed by atoms with Crippen LogP contribution in [0.15, 0.2) is 28.9 Å². The van der Waals surface area contributed by atoms with Crippen LogP contribution in [-0.2, 0) is 11.2 Å². The van der Waals surface area contributed by atoms with Crippen LogP contribution >= 0.6 is 0 Å². The van der Waals surface area contributed by atoms with Gasteiger partial charge in [-0.15, -0.1) is 0 Å². The van der Waals surface area contributed by atoms with Crippen molar-refractivity contribution in [2.24, 2.45) is 11.8 Å². The normalized spacial score (nSPS) is 26.9. The van der Waals surface area contributed by atoms with Crippen LogP contribution in [0.5, 0.6) is 0 Å². The Morgan fingerprint density at radius 1 is 1.35 bits per heavy atom. The predicted molar refractivity (Wildman–Crippen MR) is 91.3 cm³/mol. The van der Waals surface area contributed by atoms with Crippen molar-refractivity contribution < 1.29 is 9.21 Å². The molecule has 0 spiro atoms. The highest BCUT2D eigenvalue weighted by atomic mass is 16.3. The second-order valence-electron chi connectivity index (χ2n) is 7.40. The van der Waals surface area contributed by atoms with Crippen LogP contribution in [0.25, 0.3) is 11.0 Å². The van der Waals surface area contributed by atoms with Crippen molar-refractivity contribution in [2.45, 2.75) is 52.0 Å². The molecule has 2 bridgehead atoms. The molecular formula is C20H25NO2. The van der Waals surface area contributed by atoms with Crippen molar-refractivity contribution in [2.75, 3.05) is 6.54 Å². The summed E-state index contributed by atoms with van der Waals surface area (Å²) in [7, 11) is 0. The van der Waals surface area contributed by atoms with Gasteiger partial charge < -0.3 is 9.32 Å². The summed E-state index contributed by atoms with van der Waals surface area (Å²) in [4.78, 5) is 15.1. The molecule has 0 radical (unpaired) electrons. The zero-order chi connectivity index (χ0) is 16.0. The summed E-state index contributed by atoms with van der Waals surface area (Å²) in [6.45, 7) is 5.29. The lowest BCUT2D eigenvalue weighted by Crippen LogP contribution is -2.55. The number of hydrogen-bond donors (Lipinski definition) is 0. The highest BCUT2D eigenvalue weighted by Gasteiger charge is 2.41. The summed E-state index contributed by atoms with van der Waals surface area (Å²) in [6.07, 6.45) is 7.24. The Labute approximate surface area is 137 Å². The third-order valence-corrected chi connectivity index (χ3v) is 5.90. The molecule has 0 N–H and O–H groups in total. The van der Waals surface area contributed by atoms with E-state index in [1.807, 2.05) is 6.07 Å². The summed E-state index contributed by atoms with van der Waals surface area (Å²) < 4.78 is 5.65. The minimum absolute atomic E-state index is 0.279. The zero-order valence-corrected chi connectivity index (χ0v) is 14.0. The lowest BCUT2D eigenvalue weighted by molar-refractivity contribution is -0.141. The summed E-state index contributed by atoms with van der Waals surface area (Å²) in [5.74, 6) is 1.70. The van der Waals surface area contributed by atoms with E-state index in [1.165, 1.54) is 31.2 Å². The number of furan rings is 1. The van der Waals surface area contributed by atoms with Crippen LogP contribution < -0.4 is 0 Å². The summed E-state index contributed by atoms with van der Waals surface area (Å²) in [5.41, 5.74) is 3.10. The van der Waals surface area contributed by atoms with Gasteiger partial charge in [0, 0.05) is 23.5 Å². The van der Waals surface area contributed by atoms with E-state index in [-0.39, 0.29) is 5.91 Å². The fraction of sp³-hybridized carbons (Fsp3) is 0.550. The number of amides is 1. The Balaban J connectivity index is 1.55. The number of hydrogen-bond acceptors (Lipinski definition) is 2. The maximum absolute atomic E-state index is 12.9. The maximum Gasteiger partial charge on any atom is 0.227 e. The van der Waals surface area contributed by atoms with Gasteiger partial charge in [-0.2, -0.15) is 0 Å². The molecule has 3 heterocycles. The average molecular weight is 311 g/mol. The Bertz CT molecular complexity index is 732. The van der Waals surface area contributed by atoms with Crippen molar-refractivity contribution in [1.29, 1.82) is 0 Å². The average Bonchev–Trinajstić information content (AvgIpc) is 2.96. The van der Waals surface area contributed by atoms with Crippen LogP contribution in [0, 0.1) is 18.8 Å². The maximum atomic E-state index is 12.9. The first-order chi connectivity index (χ1) is 11.2.